The molecule has 0 radical (unpaired) electrons. The molecule has 1 aromatic rings. The number of carboxylic acid groups (broad SMARTS) is 1. The number of anilines is 1. The normalized spacial score (nSPS) is 10.2. The highest BCUT2D eigenvalue weighted by molar-refractivity contribution is 9.10. The summed E-state index contributed by atoms with van der Waals surface area (Å²) in [5.74, 6) is -1.10. The van der Waals surface area contributed by atoms with Gasteiger partial charge in [0.05, 0.1) is 5.56 Å². The highest BCUT2D eigenvalue weighted by Crippen LogP contribution is 2.21. The summed E-state index contributed by atoms with van der Waals surface area (Å²) in [6, 6.07) is 4.76. The monoisotopic (exact) mass is 327 g/mol. The van der Waals surface area contributed by atoms with E-state index < -0.39 is 5.97 Å². The fraction of sp³-hybridized carbons (Fsp3) is 0.429. The lowest BCUT2D eigenvalue weighted by Crippen LogP contribution is -2.11. The van der Waals surface area contributed by atoms with Gasteiger partial charge in [-0.2, -0.15) is 0 Å². The minimum atomic E-state index is -1.02. The van der Waals surface area contributed by atoms with E-state index in [1.807, 2.05) is 0 Å². The topological polar surface area (TPSA) is 66.4 Å². The number of carbonyl (C=O) groups is 2. The Balaban J connectivity index is 2.55. The third-order valence-electron chi connectivity index (χ3n) is 2.74. The van der Waals surface area contributed by atoms with Crippen molar-refractivity contribution < 1.29 is 14.7 Å². The molecule has 0 bridgehead atoms. The summed E-state index contributed by atoms with van der Waals surface area (Å²) < 4.78 is 0.501. The maximum absolute atomic E-state index is 11.7. The molecule has 19 heavy (non-hydrogen) atoms. The van der Waals surface area contributed by atoms with Crippen LogP contribution >= 0.6 is 15.9 Å². The fourth-order valence-corrected chi connectivity index (χ4v) is 2.12. The molecular weight excluding hydrogens is 310 g/mol. The minimum Gasteiger partial charge on any atom is -0.478 e. The van der Waals surface area contributed by atoms with Crippen LogP contribution in [0.3, 0.4) is 0 Å². The Morgan fingerprint density at radius 1 is 1.26 bits per heavy atom. The summed E-state index contributed by atoms with van der Waals surface area (Å²) >= 11 is 3.16. The lowest BCUT2D eigenvalue weighted by Gasteiger charge is -2.07. The average Bonchev–Trinajstić information content (AvgIpc) is 2.36. The van der Waals surface area contributed by atoms with Crippen LogP contribution in [0.5, 0.6) is 0 Å². The first-order valence-corrected chi connectivity index (χ1v) is 7.16. The van der Waals surface area contributed by atoms with Crippen molar-refractivity contribution in [3.8, 4) is 0 Å². The Hall–Kier alpha value is -1.36. The van der Waals surface area contributed by atoms with Crippen LogP contribution in [0.15, 0.2) is 22.7 Å². The number of amides is 1. The highest BCUT2D eigenvalue weighted by Gasteiger charge is 2.10. The molecule has 104 valence electrons. The van der Waals surface area contributed by atoms with E-state index in [0.717, 1.165) is 25.7 Å². The number of hydrogen-bond acceptors (Lipinski definition) is 2. The lowest BCUT2D eigenvalue weighted by molar-refractivity contribution is -0.116. The average molecular weight is 328 g/mol. The molecule has 0 aliphatic rings. The fourth-order valence-electron chi connectivity index (χ4n) is 1.70. The Morgan fingerprint density at radius 3 is 2.63 bits per heavy atom. The van der Waals surface area contributed by atoms with E-state index in [2.05, 4.69) is 28.2 Å². The third-order valence-corrected chi connectivity index (χ3v) is 3.43. The van der Waals surface area contributed by atoms with Gasteiger partial charge in [0, 0.05) is 16.6 Å². The van der Waals surface area contributed by atoms with Crippen LogP contribution in [0.4, 0.5) is 5.69 Å². The molecule has 0 saturated carbocycles. The van der Waals surface area contributed by atoms with E-state index in [-0.39, 0.29) is 11.5 Å². The van der Waals surface area contributed by atoms with Gasteiger partial charge < -0.3 is 10.4 Å². The summed E-state index contributed by atoms with van der Waals surface area (Å²) in [4.78, 5) is 22.6. The molecule has 4 nitrogen and oxygen atoms in total. The summed E-state index contributed by atoms with van der Waals surface area (Å²) in [5, 5.41) is 11.7. The summed E-state index contributed by atoms with van der Waals surface area (Å²) in [5.41, 5.74) is 0.657. The van der Waals surface area contributed by atoms with Gasteiger partial charge in [0.25, 0.3) is 0 Å². The molecule has 0 aliphatic carbocycles. The second-order valence-electron chi connectivity index (χ2n) is 4.36. The van der Waals surface area contributed by atoms with Crippen molar-refractivity contribution in [2.24, 2.45) is 0 Å². The molecule has 0 aromatic heterocycles. The molecule has 0 fully saturated rings. The van der Waals surface area contributed by atoms with Crippen LogP contribution in [-0.2, 0) is 4.79 Å². The summed E-state index contributed by atoms with van der Waals surface area (Å²) in [7, 11) is 0. The second kappa shape index (κ2) is 7.94. The largest absolute Gasteiger partial charge is 0.478 e. The number of carboxylic acids is 1. The van der Waals surface area contributed by atoms with Gasteiger partial charge in [-0.1, -0.05) is 26.2 Å². The van der Waals surface area contributed by atoms with Crippen LogP contribution in [0.25, 0.3) is 0 Å². The molecule has 0 unspecified atom stereocenters. The van der Waals surface area contributed by atoms with Crippen molar-refractivity contribution >= 4 is 33.5 Å². The maximum atomic E-state index is 11.7. The first-order chi connectivity index (χ1) is 9.04. The van der Waals surface area contributed by atoms with Gasteiger partial charge in [0.2, 0.25) is 5.91 Å². The molecule has 1 aromatic carbocycles. The first kappa shape index (κ1) is 15.7. The van der Waals surface area contributed by atoms with Crippen LogP contribution in [0.1, 0.15) is 49.4 Å². The van der Waals surface area contributed by atoms with Crippen LogP contribution in [0.2, 0.25) is 0 Å². The zero-order valence-corrected chi connectivity index (χ0v) is 12.5. The number of benzene rings is 1. The number of nitrogens with one attached hydrogen (secondary N) is 1. The number of aromatic carboxylic acids is 1. The molecule has 0 atom stereocenters. The molecule has 0 aliphatic heterocycles. The Kier molecular flexibility index (Phi) is 6.56. The van der Waals surface area contributed by atoms with Gasteiger partial charge in [-0.15, -0.1) is 0 Å². The van der Waals surface area contributed by atoms with Crippen molar-refractivity contribution in [2.75, 3.05) is 5.32 Å². The van der Waals surface area contributed by atoms with Gasteiger partial charge >= 0.3 is 5.97 Å². The van der Waals surface area contributed by atoms with Crippen molar-refractivity contribution in [1.82, 2.24) is 0 Å². The van der Waals surface area contributed by atoms with Crippen molar-refractivity contribution in [3.63, 3.8) is 0 Å². The highest BCUT2D eigenvalue weighted by atomic mass is 79.9. The van der Waals surface area contributed by atoms with Crippen LogP contribution in [-0.4, -0.2) is 17.0 Å². The first-order valence-electron chi connectivity index (χ1n) is 6.37. The third kappa shape index (κ3) is 5.42. The van der Waals surface area contributed by atoms with E-state index in [9.17, 15) is 9.59 Å². The smallest absolute Gasteiger partial charge is 0.336 e. The molecule has 2 N–H and O–H groups in total. The molecule has 0 spiro atoms. The van der Waals surface area contributed by atoms with Gasteiger partial charge in [-0.3, -0.25) is 4.79 Å². The number of rotatable bonds is 7. The quantitative estimate of drug-likeness (QED) is 0.742. The number of hydrogen-bond donors (Lipinski definition) is 2. The van der Waals surface area contributed by atoms with Gasteiger partial charge in [-0.25, -0.2) is 4.79 Å². The molecule has 1 amide bonds. The number of carbonyl (C=O) groups excluding carboxylic acids is 1. The Morgan fingerprint density at radius 2 is 2.00 bits per heavy atom. The van der Waals surface area contributed by atoms with E-state index in [1.165, 1.54) is 6.07 Å². The molecular formula is C14H18BrNO3. The number of halogens is 1. The molecule has 1 rings (SSSR count). The van der Waals surface area contributed by atoms with Gasteiger partial charge in [0.15, 0.2) is 0 Å². The second-order valence-corrected chi connectivity index (χ2v) is 5.21. The number of unbranched alkanes of at least 4 members (excludes halogenated alkanes) is 3. The predicted molar refractivity (Wildman–Crippen MR) is 78.5 cm³/mol. The van der Waals surface area contributed by atoms with E-state index in [4.69, 9.17) is 5.11 Å². The van der Waals surface area contributed by atoms with Gasteiger partial charge in [-0.05, 0) is 40.5 Å². The summed E-state index contributed by atoms with van der Waals surface area (Å²) in [6.07, 6.45) is 4.65. The minimum absolute atomic E-state index is 0.0743. The van der Waals surface area contributed by atoms with Gasteiger partial charge in [0.1, 0.15) is 0 Å². The zero-order chi connectivity index (χ0) is 14.3. The lowest BCUT2D eigenvalue weighted by atomic mass is 10.1. The Labute approximate surface area is 121 Å². The van der Waals surface area contributed by atoms with E-state index in [0.29, 0.717) is 16.6 Å². The SMILES string of the molecule is CCCCCCC(=O)Nc1ccc(Br)c(C(=O)O)c1. The summed E-state index contributed by atoms with van der Waals surface area (Å²) in [6.45, 7) is 2.12. The molecule has 0 heterocycles. The van der Waals surface area contributed by atoms with Crippen molar-refractivity contribution in [1.29, 1.82) is 0 Å². The molecule has 0 saturated heterocycles. The van der Waals surface area contributed by atoms with Crippen LogP contribution in [0, 0.1) is 0 Å². The van der Waals surface area contributed by atoms with Crippen molar-refractivity contribution in [3.05, 3.63) is 28.2 Å². The maximum Gasteiger partial charge on any atom is 0.336 e. The predicted octanol–water partition coefficient (Wildman–Crippen LogP) is 4.06. The Bertz CT molecular complexity index is 460. The standard InChI is InChI=1S/C14H18BrNO3/c1-2-3-4-5-6-13(17)16-10-7-8-12(15)11(9-10)14(18)19/h7-9H,2-6H2,1H3,(H,16,17)(H,18,19). The molecule has 5 heteroatoms. The zero-order valence-electron chi connectivity index (χ0n) is 10.9. The van der Waals surface area contributed by atoms with E-state index >= 15 is 0 Å². The van der Waals surface area contributed by atoms with Crippen molar-refractivity contribution in [2.45, 2.75) is 39.0 Å². The van der Waals surface area contributed by atoms with E-state index in [1.54, 1.807) is 12.1 Å². The van der Waals surface area contributed by atoms with Crippen LogP contribution < -0.4 is 5.32 Å².